The molecular formula is C29H32Cl2FN5O. The third-order valence-electron chi connectivity index (χ3n) is 7.46. The lowest BCUT2D eigenvalue weighted by atomic mass is 10.0. The average molecular weight is 557 g/mol. The Balaban J connectivity index is 1.08. The van der Waals surface area contributed by atoms with E-state index in [1.54, 1.807) is 24.4 Å². The third kappa shape index (κ3) is 6.83. The van der Waals surface area contributed by atoms with E-state index in [9.17, 15) is 9.18 Å². The Hall–Kier alpha value is -2.71. The van der Waals surface area contributed by atoms with Gasteiger partial charge in [0.2, 0.25) is 0 Å². The van der Waals surface area contributed by atoms with Gasteiger partial charge in [0.25, 0.3) is 5.91 Å². The minimum atomic E-state index is -0.303. The highest BCUT2D eigenvalue weighted by molar-refractivity contribution is 6.33. The van der Waals surface area contributed by atoms with Crippen molar-refractivity contribution in [1.29, 1.82) is 0 Å². The highest BCUT2D eigenvalue weighted by Crippen LogP contribution is 2.27. The van der Waals surface area contributed by atoms with Crippen molar-refractivity contribution in [3.63, 3.8) is 0 Å². The van der Waals surface area contributed by atoms with Crippen molar-refractivity contribution in [2.75, 3.05) is 44.2 Å². The molecule has 0 unspecified atom stereocenters. The number of likely N-dealkylation sites (tertiary alicyclic amines) is 1. The first-order chi connectivity index (χ1) is 18.4. The molecule has 1 aromatic heterocycles. The van der Waals surface area contributed by atoms with Crippen LogP contribution in [0.3, 0.4) is 0 Å². The van der Waals surface area contributed by atoms with Gasteiger partial charge in [0, 0.05) is 56.5 Å². The zero-order valence-corrected chi connectivity index (χ0v) is 22.8. The van der Waals surface area contributed by atoms with E-state index < -0.39 is 0 Å². The van der Waals surface area contributed by atoms with Crippen LogP contribution >= 0.6 is 23.2 Å². The molecule has 200 valence electrons. The number of aromatic nitrogens is 1. The number of pyridine rings is 1. The van der Waals surface area contributed by atoms with Crippen LogP contribution in [-0.4, -0.2) is 66.0 Å². The molecule has 2 fully saturated rings. The van der Waals surface area contributed by atoms with Crippen LogP contribution in [0.4, 0.5) is 10.2 Å². The summed E-state index contributed by atoms with van der Waals surface area (Å²) in [7, 11) is 0. The minimum Gasteiger partial charge on any atom is -0.353 e. The third-order valence-corrected chi connectivity index (χ3v) is 7.99. The lowest BCUT2D eigenvalue weighted by Crippen LogP contribution is -2.53. The van der Waals surface area contributed by atoms with Crippen LogP contribution in [0.2, 0.25) is 10.0 Å². The van der Waals surface area contributed by atoms with E-state index in [0.717, 1.165) is 62.2 Å². The summed E-state index contributed by atoms with van der Waals surface area (Å²) in [6.45, 7) is 7.14. The predicted molar refractivity (Wildman–Crippen MR) is 150 cm³/mol. The number of carbonyl (C=O) groups excluding carboxylic acids is 1. The standard InChI is InChI=1S/C29H32Cl2FN5O/c30-24-5-1-22(2-6-24)20-35-11-9-26(10-12-35)36-13-15-37(16-14-36)28-27(31)17-23(19-33-28)29(38)34-18-21-3-7-25(32)8-4-21/h1-8,17,19,26H,9-16,18,20H2,(H,34,38). The van der Waals surface area contributed by atoms with E-state index in [1.807, 2.05) is 12.1 Å². The van der Waals surface area contributed by atoms with Crippen molar-refractivity contribution < 1.29 is 9.18 Å². The van der Waals surface area contributed by atoms with Crippen LogP contribution in [0.5, 0.6) is 0 Å². The summed E-state index contributed by atoms with van der Waals surface area (Å²) in [5.74, 6) is 0.157. The highest BCUT2D eigenvalue weighted by atomic mass is 35.5. The second-order valence-corrected chi connectivity index (χ2v) is 10.8. The second-order valence-electron chi connectivity index (χ2n) is 10.00. The van der Waals surface area contributed by atoms with Gasteiger partial charge in [0.15, 0.2) is 0 Å². The Labute approximate surface area is 233 Å². The second kappa shape index (κ2) is 12.4. The lowest BCUT2D eigenvalue weighted by molar-refractivity contribution is 0.0950. The van der Waals surface area contributed by atoms with Crippen molar-refractivity contribution in [1.82, 2.24) is 20.1 Å². The number of nitrogens with one attached hydrogen (secondary N) is 1. The van der Waals surface area contributed by atoms with Crippen molar-refractivity contribution in [2.45, 2.75) is 32.0 Å². The zero-order chi connectivity index (χ0) is 26.5. The van der Waals surface area contributed by atoms with Crippen molar-refractivity contribution >= 4 is 34.9 Å². The van der Waals surface area contributed by atoms with Gasteiger partial charge in [-0.25, -0.2) is 9.37 Å². The Kier molecular flexibility index (Phi) is 8.79. The number of anilines is 1. The fraction of sp³-hybridized carbons (Fsp3) is 0.379. The highest BCUT2D eigenvalue weighted by Gasteiger charge is 2.28. The summed E-state index contributed by atoms with van der Waals surface area (Å²) >= 11 is 12.6. The number of piperidine rings is 1. The van der Waals surface area contributed by atoms with E-state index in [2.05, 4.69) is 37.1 Å². The fourth-order valence-electron chi connectivity index (χ4n) is 5.26. The van der Waals surface area contributed by atoms with Crippen molar-refractivity contribution in [3.05, 3.63) is 93.3 Å². The number of rotatable bonds is 7. The molecule has 1 N–H and O–H groups in total. The Morgan fingerprint density at radius 1 is 0.921 bits per heavy atom. The molecule has 0 bridgehead atoms. The molecule has 2 aliphatic heterocycles. The molecule has 0 spiro atoms. The topological polar surface area (TPSA) is 51.7 Å². The minimum absolute atomic E-state index is 0.262. The van der Waals surface area contributed by atoms with Crippen LogP contribution in [0.1, 0.15) is 34.3 Å². The first kappa shape index (κ1) is 26.9. The molecule has 0 aliphatic carbocycles. The largest absolute Gasteiger partial charge is 0.353 e. The van der Waals surface area contributed by atoms with Gasteiger partial charge in [-0.2, -0.15) is 0 Å². The van der Waals surface area contributed by atoms with Gasteiger partial charge in [-0.05, 0) is 67.4 Å². The van der Waals surface area contributed by atoms with E-state index in [4.69, 9.17) is 23.2 Å². The Bertz CT molecular complexity index is 1220. The van der Waals surface area contributed by atoms with E-state index >= 15 is 0 Å². The van der Waals surface area contributed by atoms with Crippen molar-refractivity contribution in [2.24, 2.45) is 0 Å². The van der Waals surface area contributed by atoms with Crippen LogP contribution in [0.25, 0.3) is 0 Å². The van der Waals surface area contributed by atoms with Gasteiger partial charge in [-0.1, -0.05) is 47.5 Å². The predicted octanol–water partition coefficient (Wildman–Crippen LogP) is 5.24. The average Bonchev–Trinajstić information content (AvgIpc) is 2.94. The normalized spacial score (nSPS) is 17.5. The first-order valence-electron chi connectivity index (χ1n) is 13.1. The maximum Gasteiger partial charge on any atom is 0.253 e. The smallest absolute Gasteiger partial charge is 0.253 e. The number of halogens is 3. The lowest BCUT2D eigenvalue weighted by Gasteiger charge is -2.43. The molecule has 38 heavy (non-hydrogen) atoms. The SMILES string of the molecule is O=C(NCc1ccc(F)cc1)c1cnc(N2CCN(C3CCN(Cc4ccc(Cl)cc4)CC3)CC2)c(Cl)c1. The number of hydrogen-bond donors (Lipinski definition) is 1. The molecule has 2 saturated heterocycles. The van der Waals surface area contributed by atoms with Crippen molar-refractivity contribution in [3.8, 4) is 0 Å². The maximum atomic E-state index is 13.1. The van der Waals surface area contributed by atoms with Crippen LogP contribution < -0.4 is 10.2 Å². The molecule has 3 heterocycles. The molecule has 0 radical (unpaired) electrons. The van der Waals surface area contributed by atoms with Crippen LogP contribution in [-0.2, 0) is 13.1 Å². The number of nitrogens with zero attached hydrogens (tertiary/aromatic N) is 4. The summed E-state index contributed by atoms with van der Waals surface area (Å²) in [6, 6.07) is 16.5. The Morgan fingerprint density at radius 3 is 2.24 bits per heavy atom. The van der Waals surface area contributed by atoms with E-state index in [0.29, 0.717) is 23.2 Å². The Morgan fingerprint density at radius 2 is 1.58 bits per heavy atom. The van der Waals surface area contributed by atoms with E-state index in [1.165, 1.54) is 30.5 Å². The number of amides is 1. The monoisotopic (exact) mass is 555 g/mol. The zero-order valence-electron chi connectivity index (χ0n) is 21.3. The number of hydrogen-bond acceptors (Lipinski definition) is 5. The van der Waals surface area contributed by atoms with Gasteiger partial charge in [0.1, 0.15) is 11.6 Å². The summed E-state index contributed by atoms with van der Waals surface area (Å²) in [5, 5.41) is 4.09. The first-order valence-corrected chi connectivity index (χ1v) is 13.8. The van der Waals surface area contributed by atoms with Crippen LogP contribution in [0.15, 0.2) is 60.8 Å². The van der Waals surface area contributed by atoms with E-state index in [-0.39, 0.29) is 11.7 Å². The number of benzene rings is 2. The molecule has 1 amide bonds. The van der Waals surface area contributed by atoms with Crippen LogP contribution in [0, 0.1) is 5.82 Å². The molecule has 5 rings (SSSR count). The van der Waals surface area contributed by atoms with Gasteiger partial charge >= 0.3 is 0 Å². The van der Waals surface area contributed by atoms with Gasteiger partial charge in [0.05, 0.1) is 10.6 Å². The molecule has 3 aromatic rings. The fourth-order valence-corrected chi connectivity index (χ4v) is 5.68. The molecule has 6 nitrogen and oxygen atoms in total. The number of carbonyl (C=O) groups is 1. The molecule has 2 aromatic carbocycles. The maximum absolute atomic E-state index is 13.1. The summed E-state index contributed by atoms with van der Waals surface area (Å²) in [5.41, 5.74) is 2.53. The van der Waals surface area contributed by atoms with Gasteiger partial charge in [-0.15, -0.1) is 0 Å². The van der Waals surface area contributed by atoms with Gasteiger partial charge < -0.3 is 10.2 Å². The summed E-state index contributed by atoms with van der Waals surface area (Å²) in [4.78, 5) is 24.4. The molecule has 2 aliphatic rings. The molecule has 0 atom stereocenters. The molecule has 0 saturated carbocycles. The van der Waals surface area contributed by atoms with Gasteiger partial charge in [-0.3, -0.25) is 14.6 Å². The number of piperazine rings is 1. The summed E-state index contributed by atoms with van der Waals surface area (Å²) in [6.07, 6.45) is 3.92. The molecular weight excluding hydrogens is 524 g/mol. The molecule has 9 heteroatoms. The summed E-state index contributed by atoms with van der Waals surface area (Å²) < 4.78 is 13.1. The quantitative estimate of drug-likeness (QED) is 0.431.